The van der Waals surface area contributed by atoms with Gasteiger partial charge in [0.1, 0.15) is 10.9 Å². The largest absolute Gasteiger partial charge is 0.464 e. The summed E-state index contributed by atoms with van der Waals surface area (Å²) in [7, 11) is 0. The van der Waals surface area contributed by atoms with Crippen LogP contribution in [0.5, 0.6) is 0 Å². The van der Waals surface area contributed by atoms with Gasteiger partial charge in [0.15, 0.2) is 5.13 Å². The van der Waals surface area contributed by atoms with Crippen LogP contribution in [0, 0.1) is 12.3 Å². The highest BCUT2D eigenvalue weighted by atomic mass is 32.1. The zero-order valence-corrected chi connectivity index (χ0v) is 24.8. The molecule has 0 aliphatic carbocycles. The molecule has 4 N–H and O–H groups in total. The number of rotatable bonds is 11. The van der Waals surface area contributed by atoms with E-state index in [1.54, 1.807) is 30.6 Å². The second-order valence-electron chi connectivity index (χ2n) is 10.6. The molecule has 4 rings (SSSR count). The SMILES string of the molecule is Cc1nc(NC(=O)Cc2cccc3[nH]ncc23)sc1C(=O)N[C@@H](CNC(=O)c1cccs1)C(=O)OCCC(C)(C)C. The van der Waals surface area contributed by atoms with E-state index >= 15 is 0 Å². The molecule has 3 amide bonds. The Hall–Kier alpha value is -4.10. The number of hydrogen-bond acceptors (Lipinski definition) is 9. The summed E-state index contributed by atoms with van der Waals surface area (Å²) < 4.78 is 5.43. The molecule has 1 aromatic carbocycles. The van der Waals surface area contributed by atoms with Crippen LogP contribution in [0.15, 0.2) is 41.9 Å². The van der Waals surface area contributed by atoms with Gasteiger partial charge in [0.05, 0.1) is 35.3 Å². The zero-order valence-electron chi connectivity index (χ0n) is 23.2. The molecule has 11 nitrogen and oxygen atoms in total. The number of thiazole rings is 1. The number of anilines is 1. The molecule has 3 aromatic heterocycles. The van der Waals surface area contributed by atoms with Crippen LogP contribution in [-0.4, -0.2) is 58.1 Å². The van der Waals surface area contributed by atoms with Crippen molar-refractivity contribution in [2.24, 2.45) is 5.41 Å². The van der Waals surface area contributed by atoms with Gasteiger partial charge in [0, 0.05) is 11.9 Å². The molecule has 0 spiro atoms. The number of amides is 3. The minimum absolute atomic E-state index is 0.0436. The van der Waals surface area contributed by atoms with Gasteiger partial charge in [-0.2, -0.15) is 5.10 Å². The van der Waals surface area contributed by atoms with Gasteiger partial charge in [-0.1, -0.05) is 50.3 Å². The number of H-pyrrole nitrogens is 1. The van der Waals surface area contributed by atoms with E-state index < -0.39 is 17.9 Å². The van der Waals surface area contributed by atoms with E-state index in [4.69, 9.17) is 4.74 Å². The third kappa shape index (κ3) is 8.21. The summed E-state index contributed by atoms with van der Waals surface area (Å²) in [6.07, 6.45) is 2.40. The molecule has 4 aromatic rings. The number of aromatic amines is 1. The Morgan fingerprint density at radius 1 is 1.10 bits per heavy atom. The number of nitrogens with one attached hydrogen (secondary N) is 4. The standard InChI is InChI=1S/C28H32N6O5S2/c1-16-23(41-27(31-16)33-22(35)13-17-7-5-8-19-18(17)14-30-34-19)25(37)32-20(26(38)39-11-10-28(2,3)4)15-29-24(36)21-9-6-12-40-21/h5-9,12,14,20H,10-11,13,15H2,1-4H3,(H,29,36)(H,30,34)(H,32,37)(H,31,33,35)/t20-/m0/s1. The maximum absolute atomic E-state index is 13.2. The Balaban J connectivity index is 1.41. The second kappa shape index (κ2) is 13.0. The fourth-order valence-electron chi connectivity index (χ4n) is 3.85. The predicted octanol–water partition coefficient (Wildman–Crippen LogP) is 4.08. The summed E-state index contributed by atoms with van der Waals surface area (Å²) in [6, 6.07) is 7.86. The first kappa shape index (κ1) is 29.9. The van der Waals surface area contributed by atoms with Crippen molar-refractivity contribution >= 4 is 62.4 Å². The number of aromatic nitrogens is 3. The molecular weight excluding hydrogens is 564 g/mol. The van der Waals surface area contributed by atoms with E-state index in [-0.39, 0.29) is 46.8 Å². The van der Waals surface area contributed by atoms with Crippen LogP contribution >= 0.6 is 22.7 Å². The van der Waals surface area contributed by atoms with Crippen molar-refractivity contribution in [3.63, 3.8) is 0 Å². The predicted molar refractivity (Wildman–Crippen MR) is 158 cm³/mol. The summed E-state index contributed by atoms with van der Waals surface area (Å²) >= 11 is 2.27. The van der Waals surface area contributed by atoms with Crippen molar-refractivity contribution in [2.75, 3.05) is 18.5 Å². The fourth-order valence-corrected chi connectivity index (χ4v) is 5.37. The smallest absolute Gasteiger partial charge is 0.330 e. The Morgan fingerprint density at radius 3 is 2.63 bits per heavy atom. The first-order chi connectivity index (χ1) is 19.5. The molecule has 0 radical (unpaired) electrons. The third-order valence-corrected chi connectivity index (χ3v) is 8.01. The molecule has 0 fully saturated rings. The molecule has 0 saturated carbocycles. The van der Waals surface area contributed by atoms with Crippen LogP contribution in [0.4, 0.5) is 5.13 Å². The number of hydrogen-bond donors (Lipinski definition) is 4. The Labute approximate surface area is 245 Å². The zero-order chi connectivity index (χ0) is 29.6. The molecule has 0 bridgehead atoms. The first-order valence-corrected chi connectivity index (χ1v) is 14.7. The summed E-state index contributed by atoms with van der Waals surface area (Å²) in [5.74, 6) is -1.87. The average molecular weight is 597 g/mol. The van der Waals surface area contributed by atoms with Crippen molar-refractivity contribution in [3.8, 4) is 0 Å². The molecule has 3 heterocycles. The van der Waals surface area contributed by atoms with E-state index in [1.807, 2.05) is 39.0 Å². The number of carbonyl (C=O) groups excluding carboxylic acids is 4. The fraction of sp³-hybridized carbons (Fsp3) is 0.357. The monoisotopic (exact) mass is 596 g/mol. The molecular formula is C28H32N6O5S2. The van der Waals surface area contributed by atoms with E-state index in [9.17, 15) is 19.2 Å². The topological polar surface area (TPSA) is 155 Å². The lowest BCUT2D eigenvalue weighted by Crippen LogP contribution is -2.49. The minimum atomic E-state index is -1.12. The summed E-state index contributed by atoms with van der Waals surface area (Å²) in [5, 5.41) is 17.9. The molecule has 0 unspecified atom stereocenters. The Bertz CT molecular complexity index is 1540. The first-order valence-electron chi connectivity index (χ1n) is 13.0. The minimum Gasteiger partial charge on any atom is -0.464 e. The van der Waals surface area contributed by atoms with Crippen molar-refractivity contribution in [3.05, 3.63) is 62.9 Å². The van der Waals surface area contributed by atoms with Crippen molar-refractivity contribution in [1.82, 2.24) is 25.8 Å². The molecule has 0 saturated heterocycles. The van der Waals surface area contributed by atoms with Crippen LogP contribution in [0.25, 0.3) is 10.9 Å². The van der Waals surface area contributed by atoms with Gasteiger partial charge >= 0.3 is 5.97 Å². The number of benzene rings is 1. The molecule has 0 aliphatic rings. The quantitative estimate of drug-likeness (QED) is 0.190. The molecule has 0 aliphatic heterocycles. The maximum atomic E-state index is 13.2. The lowest BCUT2D eigenvalue weighted by atomic mass is 9.93. The third-order valence-electron chi connectivity index (χ3n) is 6.07. The Kier molecular flexibility index (Phi) is 9.50. The van der Waals surface area contributed by atoms with E-state index in [0.717, 1.165) is 27.8 Å². The normalized spacial score (nSPS) is 12.1. The van der Waals surface area contributed by atoms with Crippen LogP contribution in [0.2, 0.25) is 0 Å². The number of fused-ring (bicyclic) bond motifs is 1. The van der Waals surface area contributed by atoms with Gasteiger partial charge in [-0.25, -0.2) is 9.78 Å². The highest BCUT2D eigenvalue weighted by molar-refractivity contribution is 7.17. The van der Waals surface area contributed by atoms with E-state index in [0.29, 0.717) is 17.0 Å². The van der Waals surface area contributed by atoms with Gasteiger partial charge in [-0.05, 0) is 41.8 Å². The average Bonchev–Trinajstić information content (AvgIpc) is 3.67. The van der Waals surface area contributed by atoms with E-state index in [2.05, 4.69) is 31.1 Å². The summed E-state index contributed by atoms with van der Waals surface area (Å²) in [4.78, 5) is 56.4. The maximum Gasteiger partial charge on any atom is 0.330 e. The van der Waals surface area contributed by atoms with Crippen LogP contribution < -0.4 is 16.0 Å². The number of carbonyl (C=O) groups is 4. The number of esters is 1. The highest BCUT2D eigenvalue weighted by Gasteiger charge is 2.27. The van der Waals surface area contributed by atoms with E-state index in [1.165, 1.54) is 11.3 Å². The number of ether oxygens (including phenoxy) is 1. The van der Waals surface area contributed by atoms with Crippen molar-refractivity contribution in [2.45, 2.75) is 46.6 Å². The number of aryl methyl sites for hydroxylation is 1. The second-order valence-corrected chi connectivity index (χ2v) is 12.5. The van der Waals surface area contributed by atoms with Crippen LogP contribution in [0.3, 0.4) is 0 Å². The summed E-state index contributed by atoms with van der Waals surface area (Å²) in [5.41, 5.74) is 1.98. The Morgan fingerprint density at radius 2 is 1.90 bits per heavy atom. The molecule has 216 valence electrons. The van der Waals surface area contributed by atoms with Crippen LogP contribution in [-0.2, 0) is 20.7 Å². The van der Waals surface area contributed by atoms with Gasteiger partial charge in [0.2, 0.25) is 5.91 Å². The highest BCUT2D eigenvalue weighted by Crippen LogP contribution is 2.24. The van der Waals surface area contributed by atoms with Crippen molar-refractivity contribution < 1.29 is 23.9 Å². The number of nitrogens with zero attached hydrogens (tertiary/aromatic N) is 2. The van der Waals surface area contributed by atoms with Gasteiger partial charge in [-0.15, -0.1) is 11.3 Å². The van der Waals surface area contributed by atoms with Gasteiger partial charge < -0.3 is 20.7 Å². The molecule has 13 heteroatoms. The van der Waals surface area contributed by atoms with Crippen molar-refractivity contribution in [1.29, 1.82) is 0 Å². The van der Waals surface area contributed by atoms with Crippen LogP contribution in [0.1, 0.15) is 57.8 Å². The molecule has 41 heavy (non-hydrogen) atoms. The van der Waals surface area contributed by atoms with Gasteiger partial charge in [-0.3, -0.25) is 19.5 Å². The van der Waals surface area contributed by atoms with Gasteiger partial charge in [0.25, 0.3) is 11.8 Å². The number of thiophene rings is 1. The lowest BCUT2D eigenvalue weighted by molar-refractivity contribution is -0.146. The summed E-state index contributed by atoms with van der Waals surface area (Å²) in [6.45, 7) is 7.75. The molecule has 1 atom stereocenters. The lowest BCUT2D eigenvalue weighted by Gasteiger charge is -2.21.